The Bertz CT molecular complexity index is 254. The first-order chi connectivity index (χ1) is 6.86. The lowest BCUT2D eigenvalue weighted by Crippen LogP contribution is -2.49. The van der Waals surface area contributed by atoms with Crippen molar-refractivity contribution in [3.63, 3.8) is 0 Å². The van der Waals surface area contributed by atoms with Crippen LogP contribution in [0.25, 0.3) is 0 Å². The van der Waals surface area contributed by atoms with Gasteiger partial charge in [0.1, 0.15) is 0 Å². The maximum Gasteiger partial charge on any atom is 0.237 e. The van der Waals surface area contributed by atoms with Crippen molar-refractivity contribution in [2.45, 2.75) is 44.2 Å². The maximum absolute atomic E-state index is 11.6. The quantitative estimate of drug-likeness (QED) is 0.594. The van der Waals surface area contributed by atoms with Crippen molar-refractivity contribution >= 4 is 5.91 Å². The van der Waals surface area contributed by atoms with Crippen LogP contribution in [-0.2, 0) is 4.79 Å². The first-order valence-electron chi connectivity index (χ1n) is 5.90. The molecule has 3 nitrogen and oxygen atoms in total. The lowest BCUT2D eigenvalue weighted by atomic mass is 9.76. The Morgan fingerprint density at radius 3 is 2.86 bits per heavy atom. The highest BCUT2D eigenvalue weighted by molar-refractivity contribution is 5.83. The van der Waals surface area contributed by atoms with Gasteiger partial charge in [-0.1, -0.05) is 12.8 Å². The molecule has 1 aliphatic carbocycles. The predicted molar refractivity (Wildman–Crippen MR) is 53.8 cm³/mol. The van der Waals surface area contributed by atoms with E-state index in [2.05, 4.69) is 10.6 Å². The zero-order valence-corrected chi connectivity index (χ0v) is 8.46. The van der Waals surface area contributed by atoms with Crippen LogP contribution in [0.4, 0.5) is 0 Å². The molecule has 2 N–H and O–H groups in total. The third-order valence-electron chi connectivity index (χ3n) is 4.25. The van der Waals surface area contributed by atoms with E-state index >= 15 is 0 Å². The first kappa shape index (κ1) is 8.72. The zero-order valence-electron chi connectivity index (χ0n) is 8.46. The van der Waals surface area contributed by atoms with Gasteiger partial charge in [0, 0.05) is 12.6 Å². The molecule has 0 aromatic heterocycles. The number of amides is 1. The monoisotopic (exact) mass is 194 g/mol. The highest BCUT2D eigenvalue weighted by Crippen LogP contribution is 2.40. The second-order valence-electron chi connectivity index (χ2n) is 4.94. The molecule has 2 heterocycles. The molecule has 3 heteroatoms. The number of piperidine rings is 1. The number of fused-ring (bicyclic) bond motifs is 3. The van der Waals surface area contributed by atoms with Crippen LogP contribution in [0.3, 0.4) is 0 Å². The van der Waals surface area contributed by atoms with Gasteiger partial charge in [-0.25, -0.2) is 0 Å². The molecule has 1 saturated carbocycles. The predicted octanol–water partition coefficient (Wildman–Crippen LogP) is 0.653. The summed E-state index contributed by atoms with van der Waals surface area (Å²) >= 11 is 0. The van der Waals surface area contributed by atoms with Crippen LogP contribution in [0, 0.1) is 11.8 Å². The summed E-state index contributed by atoms with van der Waals surface area (Å²) < 4.78 is 0. The van der Waals surface area contributed by atoms with E-state index in [0.717, 1.165) is 12.5 Å². The van der Waals surface area contributed by atoms with Gasteiger partial charge in [0.25, 0.3) is 0 Å². The molecule has 3 fully saturated rings. The topological polar surface area (TPSA) is 41.1 Å². The number of hydrogen-bond donors (Lipinski definition) is 2. The molecule has 2 saturated heterocycles. The normalized spacial score (nSPS) is 46.7. The largest absolute Gasteiger partial charge is 0.355 e. The lowest BCUT2D eigenvalue weighted by molar-refractivity contribution is -0.125. The molecule has 14 heavy (non-hydrogen) atoms. The molecule has 3 aliphatic rings. The maximum atomic E-state index is 11.6. The highest BCUT2D eigenvalue weighted by atomic mass is 16.2. The summed E-state index contributed by atoms with van der Waals surface area (Å²) in [6, 6.07) is 0.777. The molecule has 0 aromatic carbocycles. The van der Waals surface area contributed by atoms with Gasteiger partial charge in [-0.2, -0.15) is 0 Å². The Balaban J connectivity index is 1.82. The van der Waals surface area contributed by atoms with Crippen LogP contribution in [0.15, 0.2) is 0 Å². The Hall–Kier alpha value is -0.570. The van der Waals surface area contributed by atoms with Crippen molar-refractivity contribution in [1.29, 1.82) is 0 Å². The Kier molecular flexibility index (Phi) is 2.01. The van der Waals surface area contributed by atoms with E-state index in [-0.39, 0.29) is 11.9 Å². The number of carbonyl (C=O) groups excluding carboxylic acids is 1. The molecule has 1 amide bonds. The molecular weight excluding hydrogens is 176 g/mol. The van der Waals surface area contributed by atoms with Crippen LogP contribution in [0.1, 0.15) is 32.1 Å². The fraction of sp³-hybridized carbons (Fsp3) is 0.909. The number of hydrogen-bond acceptors (Lipinski definition) is 2. The first-order valence-corrected chi connectivity index (χ1v) is 5.90. The van der Waals surface area contributed by atoms with Gasteiger partial charge in [0.15, 0.2) is 0 Å². The van der Waals surface area contributed by atoms with E-state index in [4.69, 9.17) is 0 Å². The fourth-order valence-corrected chi connectivity index (χ4v) is 3.60. The highest BCUT2D eigenvalue weighted by Gasteiger charge is 2.47. The average Bonchev–Trinajstić information content (AvgIpc) is 2.59. The van der Waals surface area contributed by atoms with Crippen molar-refractivity contribution in [2.75, 3.05) is 6.54 Å². The van der Waals surface area contributed by atoms with E-state index in [1.165, 1.54) is 32.1 Å². The van der Waals surface area contributed by atoms with Crippen LogP contribution in [0.2, 0.25) is 0 Å². The van der Waals surface area contributed by atoms with Gasteiger partial charge in [0.05, 0.1) is 6.04 Å². The minimum atomic E-state index is 0.136. The minimum Gasteiger partial charge on any atom is -0.355 e. The van der Waals surface area contributed by atoms with E-state index in [1.54, 1.807) is 0 Å². The van der Waals surface area contributed by atoms with Crippen molar-refractivity contribution in [3.8, 4) is 0 Å². The molecule has 2 aliphatic heterocycles. The molecule has 4 atom stereocenters. The molecule has 0 radical (unpaired) electrons. The SMILES string of the molecule is O=C1NCC[C@H]2[C@H]3CCCC[C@H]3N[C@@H]12. The Morgan fingerprint density at radius 2 is 1.93 bits per heavy atom. The van der Waals surface area contributed by atoms with Gasteiger partial charge in [-0.05, 0) is 31.1 Å². The second-order valence-corrected chi connectivity index (χ2v) is 4.94. The summed E-state index contributed by atoms with van der Waals surface area (Å²) in [6.45, 7) is 0.894. The fourth-order valence-electron chi connectivity index (χ4n) is 3.60. The van der Waals surface area contributed by atoms with Gasteiger partial charge in [-0.15, -0.1) is 0 Å². The number of nitrogens with one attached hydrogen (secondary N) is 2. The summed E-state index contributed by atoms with van der Waals surface area (Å²) in [4.78, 5) is 11.6. The summed E-state index contributed by atoms with van der Waals surface area (Å²) in [5, 5.41) is 6.49. The summed E-state index contributed by atoms with van der Waals surface area (Å²) in [5.74, 6) is 1.67. The molecule has 0 unspecified atom stereocenters. The van der Waals surface area contributed by atoms with E-state index < -0.39 is 0 Å². The molecule has 0 aromatic rings. The number of carbonyl (C=O) groups is 1. The molecule has 78 valence electrons. The molecule has 3 rings (SSSR count). The smallest absolute Gasteiger partial charge is 0.237 e. The molecular formula is C11H18N2O. The van der Waals surface area contributed by atoms with Crippen molar-refractivity contribution in [3.05, 3.63) is 0 Å². The summed E-state index contributed by atoms with van der Waals surface area (Å²) in [7, 11) is 0. The van der Waals surface area contributed by atoms with Crippen LogP contribution in [0.5, 0.6) is 0 Å². The summed E-state index contributed by atoms with van der Waals surface area (Å²) in [5.41, 5.74) is 0. The van der Waals surface area contributed by atoms with Crippen LogP contribution in [-0.4, -0.2) is 24.5 Å². The van der Waals surface area contributed by atoms with Crippen molar-refractivity contribution < 1.29 is 4.79 Å². The van der Waals surface area contributed by atoms with Gasteiger partial charge in [0.2, 0.25) is 5.91 Å². The molecule has 0 spiro atoms. The van der Waals surface area contributed by atoms with E-state index in [9.17, 15) is 4.79 Å². The summed E-state index contributed by atoms with van der Waals surface area (Å²) in [6.07, 6.45) is 6.52. The second kappa shape index (κ2) is 3.23. The van der Waals surface area contributed by atoms with Crippen LogP contribution < -0.4 is 10.6 Å². The third kappa shape index (κ3) is 1.18. The number of rotatable bonds is 0. The van der Waals surface area contributed by atoms with E-state index in [0.29, 0.717) is 12.0 Å². The van der Waals surface area contributed by atoms with Gasteiger partial charge >= 0.3 is 0 Å². The minimum absolute atomic E-state index is 0.136. The van der Waals surface area contributed by atoms with Crippen LogP contribution >= 0.6 is 0 Å². The van der Waals surface area contributed by atoms with Crippen molar-refractivity contribution in [1.82, 2.24) is 10.6 Å². The Morgan fingerprint density at radius 1 is 1.07 bits per heavy atom. The van der Waals surface area contributed by atoms with Gasteiger partial charge in [-0.3, -0.25) is 4.79 Å². The zero-order chi connectivity index (χ0) is 9.54. The average molecular weight is 194 g/mol. The van der Waals surface area contributed by atoms with Gasteiger partial charge < -0.3 is 10.6 Å². The van der Waals surface area contributed by atoms with Crippen molar-refractivity contribution in [2.24, 2.45) is 11.8 Å². The third-order valence-corrected chi connectivity index (χ3v) is 4.25. The Labute approximate surface area is 84.6 Å². The standard InChI is InChI=1S/C11H18N2O/c14-11-10-8(5-6-12-11)7-3-1-2-4-9(7)13-10/h7-10,13H,1-6H2,(H,12,14)/t7-,8+,9-,10-/m1/s1. The lowest BCUT2D eigenvalue weighted by Gasteiger charge is -2.30. The molecule has 0 bridgehead atoms. The van der Waals surface area contributed by atoms with E-state index in [1.807, 2.05) is 0 Å².